The molecule has 0 radical (unpaired) electrons. The number of halogens is 2. The van der Waals surface area contributed by atoms with Crippen molar-refractivity contribution >= 4 is 33.8 Å². The van der Waals surface area contributed by atoms with Crippen molar-refractivity contribution in [3.63, 3.8) is 0 Å². The van der Waals surface area contributed by atoms with Crippen molar-refractivity contribution in [1.82, 2.24) is 5.32 Å². The normalized spacial score (nSPS) is 15.1. The average Bonchev–Trinajstić information content (AvgIpc) is 2.16. The van der Waals surface area contributed by atoms with Gasteiger partial charge in [-0.05, 0) is 30.2 Å². The van der Waals surface area contributed by atoms with Crippen LogP contribution >= 0.6 is 24.0 Å². The summed E-state index contributed by atoms with van der Waals surface area (Å²) in [6.45, 7) is 1.57. The maximum absolute atomic E-state index is 11.4. The Morgan fingerprint density at radius 3 is 2.69 bits per heavy atom. The number of benzene rings is 1. The minimum absolute atomic E-state index is 0. The molecule has 2 rings (SSSR count). The summed E-state index contributed by atoms with van der Waals surface area (Å²) in [6.07, 6.45) is 2.08. The minimum Gasteiger partial charge on any atom is -0.312 e. The molecule has 0 aliphatic carbocycles. The van der Waals surface area contributed by atoms with Gasteiger partial charge < -0.3 is 5.32 Å². The van der Waals surface area contributed by atoms with Gasteiger partial charge in [0.1, 0.15) is 0 Å². The summed E-state index contributed by atoms with van der Waals surface area (Å²) >= 11 is 6.09. The van der Waals surface area contributed by atoms with Gasteiger partial charge in [-0.1, -0.05) is 17.7 Å². The zero-order chi connectivity index (χ0) is 11.1. The van der Waals surface area contributed by atoms with Crippen molar-refractivity contribution in [2.45, 2.75) is 17.9 Å². The summed E-state index contributed by atoms with van der Waals surface area (Å²) in [6, 6.07) is 3.46. The average molecular weight is 282 g/mol. The van der Waals surface area contributed by atoms with Gasteiger partial charge in [-0.25, -0.2) is 8.42 Å². The Morgan fingerprint density at radius 2 is 2.06 bits per heavy atom. The van der Waals surface area contributed by atoms with Gasteiger partial charge in [-0.2, -0.15) is 0 Å². The fourth-order valence-electron chi connectivity index (χ4n) is 1.79. The fourth-order valence-corrected chi connectivity index (χ4v) is 3.22. The lowest BCUT2D eigenvalue weighted by Gasteiger charge is -2.19. The van der Waals surface area contributed by atoms with Crippen LogP contribution in [-0.4, -0.2) is 21.2 Å². The summed E-state index contributed by atoms with van der Waals surface area (Å²) in [7, 11) is -3.23. The van der Waals surface area contributed by atoms with Crippen LogP contribution < -0.4 is 5.32 Å². The number of fused-ring (bicyclic) bond motifs is 1. The first-order valence-electron chi connectivity index (χ1n) is 4.71. The van der Waals surface area contributed by atoms with Crippen LogP contribution in [0.1, 0.15) is 11.1 Å². The van der Waals surface area contributed by atoms with E-state index in [2.05, 4.69) is 5.32 Å². The first-order valence-corrected chi connectivity index (χ1v) is 6.98. The van der Waals surface area contributed by atoms with Gasteiger partial charge in [-0.3, -0.25) is 0 Å². The van der Waals surface area contributed by atoms with E-state index in [1.165, 1.54) is 6.26 Å². The standard InChI is InChI=1S/C10H12ClNO2S.ClH/c1-15(13,14)9-3-2-7-4-5-12-6-8(7)10(9)11;/h2-3,12H,4-6H2,1H3;1H. The predicted molar refractivity (Wildman–Crippen MR) is 67.2 cm³/mol. The Hall–Kier alpha value is -0.290. The van der Waals surface area contributed by atoms with E-state index in [4.69, 9.17) is 11.6 Å². The summed E-state index contributed by atoms with van der Waals surface area (Å²) in [4.78, 5) is 0.228. The molecule has 0 aromatic heterocycles. The zero-order valence-corrected chi connectivity index (χ0v) is 11.2. The van der Waals surface area contributed by atoms with Crippen molar-refractivity contribution < 1.29 is 8.42 Å². The van der Waals surface area contributed by atoms with E-state index in [0.29, 0.717) is 11.6 Å². The van der Waals surface area contributed by atoms with Crippen LogP contribution in [0.15, 0.2) is 17.0 Å². The van der Waals surface area contributed by atoms with Crippen molar-refractivity contribution in [3.8, 4) is 0 Å². The number of hydrogen-bond donors (Lipinski definition) is 1. The molecule has 0 amide bonds. The van der Waals surface area contributed by atoms with E-state index in [-0.39, 0.29) is 17.3 Å². The molecule has 90 valence electrons. The molecule has 0 bridgehead atoms. The minimum atomic E-state index is -3.23. The molecule has 0 unspecified atom stereocenters. The van der Waals surface area contributed by atoms with E-state index in [0.717, 1.165) is 24.1 Å². The number of sulfone groups is 1. The van der Waals surface area contributed by atoms with E-state index < -0.39 is 9.84 Å². The molecule has 16 heavy (non-hydrogen) atoms. The number of nitrogens with one attached hydrogen (secondary N) is 1. The van der Waals surface area contributed by atoms with E-state index in [1.54, 1.807) is 6.07 Å². The molecule has 1 N–H and O–H groups in total. The first kappa shape index (κ1) is 13.8. The van der Waals surface area contributed by atoms with E-state index in [1.807, 2.05) is 6.07 Å². The highest BCUT2D eigenvalue weighted by Gasteiger charge is 2.19. The fraction of sp³-hybridized carbons (Fsp3) is 0.400. The Bertz CT molecular complexity index is 500. The monoisotopic (exact) mass is 281 g/mol. The smallest absolute Gasteiger partial charge is 0.177 e. The Morgan fingerprint density at radius 1 is 1.38 bits per heavy atom. The second-order valence-electron chi connectivity index (χ2n) is 3.71. The Kier molecular flexibility index (Phi) is 4.23. The largest absolute Gasteiger partial charge is 0.312 e. The third kappa shape index (κ3) is 2.51. The third-order valence-electron chi connectivity index (χ3n) is 2.58. The molecule has 1 aliphatic rings. The molecule has 3 nitrogen and oxygen atoms in total. The van der Waals surface area contributed by atoms with Crippen molar-refractivity contribution in [2.24, 2.45) is 0 Å². The summed E-state index contributed by atoms with van der Waals surface area (Å²) < 4.78 is 22.9. The molecule has 1 heterocycles. The second kappa shape index (κ2) is 4.92. The predicted octanol–water partition coefficient (Wildman–Crippen LogP) is 1.81. The molecule has 0 fully saturated rings. The van der Waals surface area contributed by atoms with Crippen LogP contribution in [0.25, 0.3) is 0 Å². The van der Waals surface area contributed by atoms with Gasteiger partial charge in [0.25, 0.3) is 0 Å². The lowest BCUT2D eigenvalue weighted by Crippen LogP contribution is -2.24. The van der Waals surface area contributed by atoms with Crippen molar-refractivity contribution in [3.05, 3.63) is 28.3 Å². The highest BCUT2D eigenvalue weighted by Crippen LogP contribution is 2.29. The van der Waals surface area contributed by atoms with Gasteiger partial charge in [0.15, 0.2) is 9.84 Å². The van der Waals surface area contributed by atoms with Crippen molar-refractivity contribution in [2.75, 3.05) is 12.8 Å². The molecule has 0 spiro atoms. The van der Waals surface area contributed by atoms with Gasteiger partial charge in [0.2, 0.25) is 0 Å². The maximum Gasteiger partial charge on any atom is 0.177 e. The number of rotatable bonds is 1. The van der Waals surface area contributed by atoms with Gasteiger partial charge in [0.05, 0.1) is 9.92 Å². The van der Waals surface area contributed by atoms with Crippen LogP contribution in [-0.2, 0) is 22.8 Å². The summed E-state index contributed by atoms with van der Waals surface area (Å²) in [5.74, 6) is 0. The van der Waals surface area contributed by atoms with Gasteiger partial charge in [0, 0.05) is 12.8 Å². The third-order valence-corrected chi connectivity index (χ3v) is 4.26. The molecule has 1 aromatic rings. The molecular weight excluding hydrogens is 269 g/mol. The van der Waals surface area contributed by atoms with Crippen LogP contribution in [0.5, 0.6) is 0 Å². The lowest BCUT2D eigenvalue weighted by atomic mass is 10.0. The Balaban J connectivity index is 0.00000128. The van der Waals surface area contributed by atoms with Crippen molar-refractivity contribution in [1.29, 1.82) is 0 Å². The zero-order valence-electron chi connectivity index (χ0n) is 8.79. The Labute approximate surface area is 107 Å². The molecule has 1 aromatic carbocycles. The topological polar surface area (TPSA) is 46.2 Å². The van der Waals surface area contributed by atoms with Crippen LogP contribution in [0, 0.1) is 0 Å². The maximum atomic E-state index is 11.4. The highest BCUT2D eigenvalue weighted by atomic mass is 35.5. The summed E-state index contributed by atoms with van der Waals surface area (Å²) in [5.41, 5.74) is 2.07. The first-order chi connectivity index (χ1) is 7.00. The van der Waals surface area contributed by atoms with Crippen LogP contribution in [0.4, 0.5) is 0 Å². The quantitative estimate of drug-likeness (QED) is 0.854. The van der Waals surface area contributed by atoms with Crippen LogP contribution in [0.3, 0.4) is 0 Å². The molecular formula is C10H13Cl2NO2S. The highest BCUT2D eigenvalue weighted by molar-refractivity contribution is 7.90. The van der Waals surface area contributed by atoms with E-state index in [9.17, 15) is 8.42 Å². The second-order valence-corrected chi connectivity index (χ2v) is 6.08. The van der Waals surface area contributed by atoms with Crippen LogP contribution in [0.2, 0.25) is 5.02 Å². The van der Waals surface area contributed by atoms with Gasteiger partial charge >= 0.3 is 0 Å². The molecule has 0 saturated heterocycles. The van der Waals surface area contributed by atoms with E-state index >= 15 is 0 Å². The number of hydrogen-bond acceptors (Lipinski definition) is 3. The van der Waals surface area contributed by atoms with Gasteiger partial charge in [-0.15, -0.1) is 12.4 Å². The molecule has 0 atom stereocenters. The molecule has 6 heteroatoms. The summed E-state index contributed by atoms with van der Waals surface area (Å²) in [5, 5.41) is 3.56. The lowest BCUT2D eigenvalue weighted by molar-refractivity contribution is 0.600. The SMILES string of the molecule is CS(=O)(=O)c1ccc2c(c1Cl)CNCC2.Cl. The molecule has 0 saturated carbocycles. The molecule has 1 aliphatic heterocycles.